The van der Waals surface area contributed by atoms with E-state index in [1.807, 2.05) is 13.0 Å². The van der Waals surface area contributed by atoms with Crippen LogP contribution in [0.2, 0.25) is 0 Å². The second kappa shape index (κ2) is 5.53. The van der Waals surface area contributed by atoms with Crippen molar-refractivity contribution in [3.63, 3.8) is 0 Å². The van der Waals surface area contributed by atoms with Crippen LogP contribution in [0.1, 0.15) is 11.1 Å². The van der Waals surface area contributed by atoms with E-state index in [9.17, 15) is 8.42 Å². The molecule has 1 heterocycles. The Balaban J connectivity index is 1.93. The van der Waals surface area contributed by atoms with E-state index in [0.29, 0.717) is 36.0 Å². The summed E-state index contributed by atoms with van der Waals surface area (Å²) in [5.74, 6) is 1.17. The first-order chi connectivity index (χ1) is 10.5. The summed E-state index contributed by atoms with van der Waals surface area (Å²) in [7, 11) is -3.64. The molecule has 6 heteroatoms. The van der Waals surface area contributed by atoms with Crippen molar-refractivity contribution in [2.45, 2.75) is 18.7 Å². The number of rotatable bonds is 3. The summed E-state index contributed by atoms with van der Waals surface area (Å²) in [5, 5.41) is 0. The van der Waals surface area contributed by atoms with Crippen LogP contribution >= 0.6 is 0 Å². The fourth-order valence-electron chi connectivity index (χ4n) is 2.31. The predicted octanol–water partition coefficient (Wildman–Crippen LogP) is 2.88. The molecule has 0 aliphatic carbocycles. The zero-order valence-electron chi connectivity index (χ0n) is 12.4. The lowest BCUT2D eigenvalue weighted by Gasteiger charge is -2.19. The highest BCUT2D eigenvalue weighted by atomic mass is 32.2. The quantitative estimate of drug-likeness (QED) is 0.945. The smallest absolute Gasteiger partial charge is 0.262 e. The topological polar surface area (TPSA) is 64.6 Å². The van der Waals surface area contributed by atoms with Gasteiger partial charge in [0.2, 0.25) is 0 Å². The number of ether oxygens (including phenoxy) is 2. The summed E-state index contributed by atoms with van der Waals surface area (Å²) in [4.78, 5) is 0.280. The van der Waals surface area contributed by atoms with Crippen molar-refractivity contribution in [3.8, 4) is 11.5 Å². The third-order valence-electron chi connectivity index (χ3n) is 3.43. The number of fused-ring (bicyclic) bond motifs is 1. The van der Waals surface area contributed by atoms with Gasteiger partial charge in [-0.1, -0.05) is 12.1 Å². The zero-order chi connectivity index (χ0) is 15.7. The molecule has 1 aliphatic rings. The number of sulfonamides is 1. The van der Waals surface area contributed by atoms with Gasteiger partial charge in [-0.15, -0.1) is 0 Å². The Morgan fingerprint density at radius 2 is 1.68 bits per heavy atom. The van der Waals surface area contributed by atoms with Gasteiger partial charge in [-0.3, -0.25) is 4.72 Å². The summed E-state index contributed by atoms with van der Waals surface area (Å²) in [6, 6.07) is 10.4. The lowest BCUT2D eigenvalue weighted by molar-refractivity contribution is 0.171. The second-order valence-corrected chi connectivity index (χ2v) is 6.88. The van der Waals surface area contributed by atoms with Crippen LogP contribution in [0.25, 0.3) is 0 Å². The standard InChI is InChI=1S/C16H17NO4S/c1-11-3-4-12(2)16(9-11)22(18,19)17-13-5-6-14-15(10-13)21-8-7-20-14/h3-6,9-10,17H,7-8H2,1-2H3. The minimum atomic E-state index is -3.64. The second-order valence-electron chi connectivity index (χ2n) is 5.23. The number of aryl methyl sites for hydroxylation is 2. The number of hydrogen-bond acceptors (Lipinski definition) is 4. The number of hydrogen-bond donors (Lipinski definition) is 1. The van der Waals surface area contributed by atoms with Gasteiger partial charge in [0.15, 0.2) is 11.5 Å². The molecular formula is C16H17NO4S. The van der Waals surface area contributed by atoms with E-state index in [4.69, 9.17) is 9.47 Å². The fourth-order valence-corrected chi connectivity index (χ4v) is 3.69. The summed E-state index contributed by atoms with van der Waals surface area (Å²) in [5.41, 5.74) is 2.05. The van der Waals surface area contributed by atoms with Crippen LogP contribution in [0.4, 0.5) is 5.69 Å². The largest absolute Gasteiger partial charge is 0.486 e. The summed E-state index contributed by atoms with van der Waals surface area (Å²) in [6.07, 6.45) is 0. The first-order valence-corrected chi connectivity index (χ1v) is 8.44. The molecular weight excluding hydrogens is 302 g/mol. The van der Waals surface area contributed by atoms with Gasteiger partial charge >= 0.3 is 0 Å². The molecule has 0 amide bonds. The monoisotopic (exact) mass is 319 g/mol. The van der Waals surface area contributed by atoms with Gasteiger partial charge in [0, 0.05) is 6.07 Å². The van der Waals surface area contributed by atoms with E-state index in [0.717, 1.165) is 5.56 Å². The van der Waals surface area contributed by atoms with Crippen LogP contribution in [-0.2, 0) is 10.0 Å². The predicted molar refractivity (Wildman–Crippen MR) is 84.2 cm³/mol. The Labute approximate surface area is 129 Å². The van der Waals surface area contributed by atoms with E-state index < -0.39 is 10.0 Å². The van der Waals surface area contributed by atoms with Crippen molar-refractivity contribution in [2.24, 2.45) is 0 Å². The van der Waals surface area contributed by atoms with Gasteiger partial charge < -0.3 is 9.47 Å². The molecule has 2 aromatic carbocycles. The maximum Gasteiger partial charge on any atom is 0.262 e. The van der Waals surface area contributed by atoms with Gasteiger partial charge in [-0.05, 0) is 43.2 Å². The van der Waals surface area contributed by atoms with Gasteiger partial charge in [0.25, 0.3) is 10.0 Å². The molecule has 116 valence electrons. The Kier molecular flexibility index (Phi) is 3.70. The molecule has 3 rings (SSSR count). The first-order valence-electron chi connectivity index (χ1n) is 6.95. The SMILES string of the molecule is Cc1ccc(C)c(S(=O)(=O)Nc2ccc3c(c2)OCCO3)c1. The lowest BCUT2D eigenvalue weighted by atomic mass is 10.2. The third-order valence-corrected chi connectivity index (χ3v) is 4.95. The fraction of sp³-hybridized carbons (Fsp3) is 0.250. The maximum absolute atomic E-state index is 12.6. The average Bonchev–Trinajstić information content (AvgIpc) is 2.49. The highest BCUT2D eigenvalue weighted by Crippen LogP contribution is 2.33. The maximum atomic E-state index is 12.6. The van der Waals surface area contributed by atoms with Crippen molar-refractivity contribution in [3.05, 3.63) is 47.5 Å². The van der Waals surface area contributed by atoms with Gasteiger partial charge in [0.05, 0.1) is 10.6 Å². The molecule has 22 heavy (non-hydrogen) atoms. The van der Waals surface area contributed by atoms with Crippen LogP contribution in [-0.4, -0.2) is 21.6 Å². The highest BCUT2D eigenvalue weighted by molar-refractivity contribution is 7.92. The Morgan fingerprint density at radius 3 is 2.45 bits per heavy atom. The van der Waals surface area contributed by atoms with Crippen molar-refractivity contribution in [1.29, 1.82) is 0 Å². The molecule has 0 atom stereocenters. The van der Waals surface area contributed by atoms with E-state index >= 15 is 0 Å². The van der Waals surface area contributed by atoms with Crippen LogP contribution in [0, 0.1) is 13.8 Å². The zero-order valence-corrected chi connectivity index (χ0v) is 13.2. The van der Waals surface area contributed by atoms with Crippen LogP contribution in [0.5, 0.6) is 11.5 Å². The minimum Gasteiger partial charge on any atom is -0.486 e. The van der Waals surface area contributed by atoms with Gasteiger partial charge in [0.1, 0.15) is 13.2 Å². The molecule has 5 nitrogen and oxygen atoms in total. The number of anilines is 1. The molecule has 0 unspecified atom stereocenters. The van der Waals surface area contributed by atoms with Gasteiger partial charge in [-0.25, -0.2) is 8.42 Å². The van der Waals surface area contributed by atoms with Crippen LogP contribution in [0.3, 0.4) is 0 Å². The molecule has 0 bridgehead atoms. The van der Waals surface area contributed by atoms with Crippen molar-refractivity contribution >= 4 is 15.7 Å². The van der Waals surface area contributed by atoms with E-state index in [1.54, 1.807) is 37.3 Å². The Morgan fingerprint density at radius 1 is 0.955 bits per heavy atom. The number of nitrogens with one attached hydrogen (secondary N) is 1. The van der Waals surface area contributed by atoms with Crippen molar-refractivity contribution < 1.29 is 17.9 Å². The molecule has 0 saturated heterocycles. The summed E-state index contributed by atoms with van der Waals surface area (Å²) >= 11 is 0. The Hall–Kier alpha value is -2.21. The number of benzene rings is 2. The first kappa shape index (κ1) is 14.7. The molecule has 2 aromatic rings. The highest BCUT2D eigenvalue weighted by Gasteiger charge is 2.19. The lowest BCUT2D eigenvalue weighted by Crippen LogP contribution is -2.17. The average molecular weight is 319 g/mol. The molecule has 0 radical (unpaired) electrons. The molecule has 0 saturated carbocycles. The molecule has 1 aliphatic heterocycles. The Bertz CT molecular complexity index is 815. The van der Waals surface area contributed by atoms with E-state index in [-0.39, 0.29) is 4.90 Å². The van der Waals surface area contributed by atoms with Crippen molar-refractivity contribution in [1.82, 2.24) is 0 Å². The third kappa shape index (κ3) is 2.87. The van der Waals surface area contributed by atoms with Crippen LogP contribution in [0.15, 0.2) is 41.3 Å². The minimum absolute atomic E-state index is 0.280. The normalized spacial score (nSPS) is 13.7. The van der Waals surface area contributed by atoms with E-state index in [1.165, 1.54) is 0 Å². The van der Waals surface area contributed by atoms with Crippen LogP contribution < -0.4 is 14.2 Å². The van der Waals surface area contributed by atoms with Gasteiger partial charge in [-0.2, -0.15) is 0 Å². The molecule has 0 fully saturated rings. The van der Waals surface area contributed by atoms with E-state index in [2.05, 4.69) is 4.72 Å². The van der Waals surface area contributed by atoms with Crippen molar-refractivity contribution in [2.75, 3.05) is 17.9 Å². The molecule has 1 N–H and O–H groups in total. The molecule has 0 spiro atoms. The summed E-state index contributed by atoms with van der Waals surface area (Å²) < 4.78 is 38.6. The molecule has 0 aromatic heterocycles. The summed E-state index contributed by atoms with van der Waals surface area (Å²) in [6.45, 7) is 4.60.